The second-order valence-corrected chi connectivity index (χ2v) is 4.46. The highest BCUT2D eigenvalue weighted by molar-refractivity contribution is 5.80. The van der Waals surface area contributed by atoms with Crippen LogP contribution < -0.4 is 10.6 Å². The number of nitrogens with one attached hydrogen (secondary N) is 2. The van der Waals surface area contributed by atoms with E-state index in [1.165, 1.54) is 0 Å². The summed E-state index contributed by atoms with van der Waals surface area (Å²) in [4.78, 5) is 11.6. The van der Waals surface area contributed by atoms with Crippen LogP contribution in [0.5, 0.6) is 0 Å². The van der Waals surface area contributed by atoms with Gasteiger partial charge in [-0.25, -0.2) is 0 Å². The predicted molar refractivity (Wildman–Crippen MR) is 57.6 cm³/mol. The fourth-order valence-corrected chi connectivity index (χ4v) is 2.01. The first-order chi connectivity index (χ1) is 7.36. The van der Waals surface area contributed by atoms with Crippen LogP contribution in [0, 0.1) is 5.92 Å². The third-order valence-electron chi connectivity index (χ3n) is 3.19. The first-order valence-electron chi connectivity index (χ1n) is 5.96. The summed E-state index contributed by atoms with van der Waals surface area (Å²) in [6.07, 6.45) is 4.00. The number of rotatable bonds is 4. The SMILES string of the molecule is O=C(NCCC1CNC1)C1CCCCO1. The Bertz CT molecular complexity index is 211. The average molecular weight is 212 g/mol. The van der Waals surface area contributed by atoms with Crippen molar-refractivity contribution in [1.82, 2.24) is 10.6 Å². The van der Waals surface area contributed by atoms with Gasteiger partial charge in [0.25, 0.3) is 0 Å². The highest BCUT2D eigenvalue weighted by atomic mass is 16.5. The van der Waals surface area contributed by atoms with Crippen molar-refractivity contribution >= 4 is 5.91 Å². The molecule has 4 heteroatoms. The molecule has 0 aromatic carbocycles. The summed E-state index contributed by atoms with van der Waals surface area (Å²) < 4.78 is 5.41. The molecule has 1 amide bonds. The highest BCUT2D eigenvalue weighted by Gasteiger charge is 2.22. The number of carbonyl (C=O) groups is 1. The second-order valence-electron chi connectivity index (χ2n) is 4.46. The van der Waals surface area contributed by atoms with E-state index in [4.69, 9.17) is 4.74 Å². The highest BCUT2D eigenvalue weighted by Crippen LogP contribution is 2.13. The van der Waals surface area contributed by atoms with E-state index in [2.05, 4.69) is 10.6 Å². The van der Waals surface area contributed by atoms with Crippen molar-refractivity contribution < 1.29 is 9.53 Å². The first-order valence-corrected chi connectivity index (χ1v) is 5.96. The van der Waals surface area contributed by atoms with Crippen molar-refractivity contribution in [3.8, 4) is 0 Å². The summed E-state index contributed by atoms with van der Waals surface area (Å²) in [5.74, 6) is 0.847. The van der Waals surface area contributed by atoms with E-state index in [1.54, 1.807) is 0 Å². The molecule has 2 rings (SSSR count). The maximum Gasteiger partial charge on any atom is 0.249 e. The molecule has 2 saturated heterocycles. The van der Waals surface area contributed by atoms with Crippen LogP contribution in [0.3, 0.4) is 0 Å². The Labute approximate surface area is 90.8 Å². The lowest BCUT2D eigenvalue weighted by Gasteiger charge is -2.27. The van der Waals surface area contributed by atoms with Crippen molar-refractivity contribution in [2.24, 2.45) is 5.92 Å². The molecule has 0 bridgehead atoms. The molecule has 1 atom stereocenters. The van der Waals surface area contributed by atoms with Gasteiger partial charge in [-0.15, -0.1) is 0 Å². The molecule has 1 unspecified atom stereocenters. The quantitative estimate of drug-likeness (QED) is 0.704. The zero-order chi connectivity index (χ0) is 10.5. The van der Waals surface area contributed by atoms with Gasteiger partial charge in [-0.3, -0.25) is 4.79 Å². The summed E-state index contributed by atoms with van der Waals surface area (Å²) in [5.41, 5.74) is 0. The Balaban J connectivity index is 1.58. The molecule has 0 saturated carbocycles. The summed E-state index contributed by atoms with van der Waals surface area (Å²) in [6.45, 7) is 3.75. The minimum atomic E-state index is -0.182. The van der Waals surface area contributed by atoms with Crippen molar-refractivity contribution in [3.05, 3.63) is 0 Å². The third kappa shape index (κ3) is 3.18. The van der Waals surface area contributed by atoms with E-state index in [9.17, 15) is 4.79 Å². The molecule has 86 valence electrons. The molecule has 2 aliphatic heterocycles. The van der Waals surface area contributed by atoms with Gasteiger partial charge in [-0.05, 0) is 44.7 Å². The molecule has 2 fully saturated rings. The Morgan fingerprint density at radius 2 is 2.27 bits per heavy atom. The number of hydrogen-bond acceptors (Lipinski definition) is 3. The normalized spacial score (nSPS) is 27.1. The Morgan fingerprint density at radius 1 is 1.40 bits per heavy atom. The molecular weight excluding hydrogens is 192 g/mol. The summed E-state index contributed by atoms with van der Waals surface area (Å²) >= 11 is 0. The first kappa shape index (κ1) is 10.9. The van der Waals surface area contributed by atoms with Crippen LogP contribution in [-0.2, 0) is 9.53 Å². The van der Waals surface area contributed by atoms with Gasteiger partial charge in [0.1, 0.15) is 6.10 Å². The molecule has 4 nitrogen and oxygen atoms in total. The predicted octanol–water partition coefficient (Wildman–Crippen LogP) is 0.281. The standard InChI is InChI=1S/C11H20N2O2/c14-11(10-3-1-2-6-15-10)13-5-4-9-7-12-8-9/h9-10,12H,1-8H2,(H,13,14). The van der Waals surface area contributed by atoms with Gasteiger partial charge in [-0.1, -0.05) is 0 Å². The van der Waals surface area contributed by atoms with E-state index in [1.807, 2.05) is 0 Å². The summed E-state index contributed by atoms with van der Waals surface area (Å²) in [6, 6.07) is 0. The lowest BCUT2D eigenvalue weighted by Crippen LogP contribution is -2.45. The Kier molecular flexibility index (Phi) is 3.97. The molecule has 0 radical (unpaired) electrons. The minimum absolute atomic E-state index is 0.0852. The number of carbonyl (C=O) groups excluding carboxylic acids is 1. The fraction of sp³-hybridized carbons (Fsp3) is 0.909. The number of ether oxygens (including phenoxy) is 1. The van der Waals surface area contributed by atoms with Crippen molar-refractivity contribution in [3.63, 3.8) is 0 Å². The zero-order valence-corrected chi connectivity index (χ0v) is 9.13. The largest absolute Gasteiger partial charge is 0.368 e. The molecule has 0 spiro atoms. The minimum Gasteiger partial charge on any atom is -0.368 e. The van der Waals surface area contributed by atoms with E-state index < -0.39 is 0 Å². The van der Waals surface area contributed by atoms with Crippen molar-refractivity contribution in [1.29, 1.82) is 0 Å². The maximum absolute atomic E-state index is 11.6. The lowest BCUT2D eigenvalue weighted by atomic mass is 9.99. The average Bonchev–Trinajstić information content (AvgIpc) is 2.23. The number of amides is 1. The topological polar surface area (TPSA) is 50.4 Å². The lowest BCUT2D eigenvalue weighted by molar-refractivity contribution is -0.135. The molecule has 2 heterocycles. The second kappa shape index (κ2) is 5.47. The van der Waals surface area contributed by atoms with E-state index in [0.717, 1.165) is 57.8 Å². The van der Waals surface area contributed by atoms with Crippen LogP contribution in [-0.4, -0.2) is 38.3 Å². The van der Waals surface area contributed by atoms with Gasteiger partial charge in [0.2, 0.25) is 5.91 Å². The molecule has 0 aromatic rings. The van der Waals surface area contributed by atoms with Gasteiger partial charge in [0.15, 0.2) is 0 Å². The molecule has 15 heavy (non-hydrogen) atoms. The van der Waals surface area contributed by atoms with Gasteiger partial charge < -0.3 is 15.4 Å². The zero-order valence-electron chi connectivity index (χ0n) is 9.13. The van der Waals surface area contributed by atoms with Crippen LogP contribution >= 0.6 is 0 Å². The van der Waals surface area contributed by atoms with Gasteiger partial charge in [0, 0.05) is 13.2 Å². The molecule has 2 aliphatic rings. The fourth-order valence-electron chi connectivity index (χ4n) is 2.01. The van der Waals surface area contributed by atoms with Crippen LogP contribution in [0.4, 0.5) is 0 Å². The maximum atomic E-state index is 11.6. The molecule has 0 aromatic heterocycles. The van der Waals surface area contributed by atoms with Crippen LogP contribution in [0.25, 0.3) is 0 Å². The monoisotopic (exact) mass is 212 g/mol. The van der Waals surface area contributed by atoms with Crippen molar-refractivity contribution in [2.75, 3.05) is 26.2 Å². The van der Waals surface area contributed by atoms with Crippen LogP contribution in [0.2, 0.25) is 0 Å². The molecule has 0 aliphatic carbocycles. The van der Waals surface area contributed by atoms with Crippen molar-refractivity contribution in [2.45, 2.75) is 31.8 Å². The van der Waals surface area contributed by atoms with E-state index >= 15 is 0 Å². The van der Waals surface area contributed by atoms with Gasteiger partial charge >= 0.3 is 0 Å². The van der Waals surface area contributed by atoms with E-state index in [-0.39, 0.29) is 12.0 Å². The van der Waals surface area contributed by atoms with E-state index in [0.29, 0.717) is 0 Å². The molecule has 2 N–H and O–H groups in total. The van der Waals surface area contributed by atoms with Crippen LogP contribution in [0.15, 0.2) is 0 Å². The Hall–Kier alpha value is -0.610. The van der Waals surface area contributed by atoms with Crippen LogP contribution in [0.1, 0.15) is 25.7 Å². The summed E-state index contributed by atoms with van der Waals surface area (Å²) in [7, 11) is 0. The molecular formula is C11H20N2O2. The number of hydrogen-bond donors (Lipinski definition) is 2. The Morgan fingerprint density at radius 3 is 2.87 bits per heavy atom. The summed E-state index contributed by atoms with van der Waals surface area (Å²) in [5, 5.41) is 6.19. The smallest absolute Gasteiger partial charge is 0.249 e. The van der Waals surface area contributed by atoms with Gasteiger partial charge in [-0.2, -0.15) is 0 Å². The van der Waals surface area contributed by atoms with Gasteiger partial charge in [0.05, 0.1) is 0 Å². The third-order valence-corrected chi connectivity index (χ3v) is 3.19.